The first-order valence-electron chi connectivity index (χ1n) is 6.15. The van der Waals surface area contributed by atoms with Gasteiger partial charge in [0.2, 0.25) is 0 Å². The summed E-state index contributed by atoms with van der Waals surface area (Å²) in [4.78, 5) is 16.6. The van der Waals surface area contributed by atoms with Crippen LogP contribution in [0.25, 0.3) is 10.2 Å². The van der Waals surface area contributed by atoms with E-state index in [1.54, 1.807) is 24.3 Å². The Bertz CT molecular complexity index is 602. The highest BCUT2D eigenvalue weighted by atomic mass is 32.1. The molecule has 0 spiro atoms. The highest BCUT2D eigenvalue weighted by Crippen LogP contribution is 2.28. The van der Waals surface area contributed by atoms with Crippen molar-refractivity contribution in [2.24, 2.45) is 0 Å². The smallest absolute Gasteiger partial charge is 0.255 e. The lowest BCUT2D eigenvalue weighted by Gasteiger charge is -2.22. The quantitative estimate of drug-likeness (QED) is 0.875. The summed E-state index contributed by atoms with van der Waals surface area (Å²) in [7, 11) is 1.14. The summed E-state index contributed by atoms with van der Waals surface area (Å²) in [6, 6.07) is 7.10. The van der Waals surface area contributed by atoms with Crippen LogP contribution >= 0.6 is 11.3 Å². The number of likely N-dealkylation sites (N-methyl/N-ethyl adjacent to an activating group) is 1. The number of thiazole rings is 1. The Labute approximate surface area is 123 Å². The van der Waals surface area contributed by atoms with Gasteiger partial charge in [-0.1, -0.05) is 12.1 Å². The van der Waals surface area contributed by atoms with E-state index in [9.17, 15) is 23.8 Å². The third-order valence-corrected chi connectivity index (χ3v) is 4.01. The van der Waals surface area contributed by atoms with Crippen LogP contribution in [0.4, 0.5) is 8.78 Å². The maximum atomic E-state index is 12.2. The zero-order valence-corrected chi connectivity index (χ0v) is 11.9. The Morgan fingerprint density at radius 3 is 2.67 bits per heavy atom. The molecule has 2 unspecified atom stereocenters. The summed E-state index contributed by atoms with van der Waals surface area (Å²) < 4.78 is 25.2. The van der Waals surface area contributed by atoms with Crippen molar-refractivity contribution in [1.82, 2.24) is 9.88 Å². The molecule has 8 heteroatoms. The van der Waals surface area contributed by atoms with E-state index in [-0.39, 0.29) is 5.01 Å². The zero-order valence-electron chi connectivity index (χ0n) is 11.1. The standard InChI is InChI=1S/C13H14F2N2O3S/c1-17(6-9(14)15)13(20)11(19)10(18)12-16-7-4-2-3-5-8(7)21-12/h2-5,9-11,18-19H,6H2,1H3. The molecular weight excluding hydrogens is 302 g/mol. The molecular formula is C13H14F2N2O3S. The van der Waals surface area contributed by atoms with Crippen LogP contribution in [0.5, 0.6) is 0 Å². The van der Waals surface area contributed by atoms with E-state index in [2.05, 4.69) is 4.98 Å². The predicted octanol–water partition coefficient (Wildman–Crippen LogP) is 1.41. The predicted molar refractivity (Wildman–Crippen MR) is 74.2 cm³/mol. The average Bonchev–Trinajstić information content (AvgIpc) is 2.87. The molecule has 0 aliphatic heterocycles. The molecule has 114 valence electrons. The molecule has 0 bridgehead atoms. The number of aliphatic hydroxyl groups is 2. The lowest BCUT2D eigenvalue weighted by Crippen LogP contribution is -2.41. The molecule has 0 saturated heterocycles. The van der Waals surface area contributed by atoms with E-state index >= 15 is 0 Å². The molecule has 1 aromatic heterocycles. The second-order valence-corrected chi connectivity index (χ2v) is 5.58. The number of carbonyl (C=O) groups excluding carboxylic acids is 1. The fourth-order valence-corrected chi connectivity index (χ4v) is 2.79. The number of halogens is 2. The Hall–Kier alpha value is -1.64. The SMILES string of the molecule is CN(CC(F)F)C(=O)C(O)C(O)c1nc2ccccc2s1. The van der Waals surface area contributed by atoms with E-state index in [0.717, 1.165) is 23.1 Å². The molecule has 21 heavy (non-hydrogen) atoms. The molecule has 2 atom stereocenters. The number of fused-ring (bicyclic) bond motifs is 1. The van der Waals surface area contributed by atoms with Gasteiger partial charge in [0, 0.05) is 7.05 Å². The Balaban J connectivity index is 2.14. The van der Waals surface area contributed by atoms with Gasteiger partial charge in [-0.05, 0) is 12.1 Å². The van der Waals surface area contributed by atoms with Crippen molar-refractivity contribution in [3.05, 3.63) is 29.3 Å². The number of carbonyl (C=O) groups is 1. The van der Waals surface area contributed by atoms with Crippen molar-refractivity contribution in [3.8, 4) is 0 Å². The number of aliphatic hydroxyl groups excluding tert-OH is 2. The molecule has 2 aromatic rings. The molecule has 0 radical (unpaired) electrons. The third kappa shape index (κ3) is 3.52. The first kappa shape index (κ1) is 15.7. The average molecular weight is 316 g/mol. The number of hydrogen-bond acceptors (Lipinski definition) is 5. The van der Waals surface area contributed by atoms with E-state index < -0.39 is 31.1 Å². The van der Waals surface area contributed by atoms with E-state index in [0.29, 0.717) is 10.4 Å². The molecule has 0 saturated carbocycles. The van der Waals surface area contributed by atoms with E-state index in [4.69, 9.17) is 0 Å². The van der Waals surface area contributed by atoms with E-state index in [1.807, 2.05) is 0 Å². The third-order valence-electron chi connectivity index (χ3n) is 2.90. The second kappa shape index (κ2) is 6.42. The van der Waals surface area contributed by atoms with Gasteiger partial charge in [-0.15, -0.1) is 11.3 Å². The minimum atomic E-state index is -2.70. The first-order chi connectivity index (χ1) is 9.90. The van der Waals surface area contributed by atoms with Gasteiger partial charge < -0.3 is 15.1 Å². The Morgan fingerprint density at radius 1 is 1.38 bits per heavy atom. The number of aromatic nitrogens is 1. The summed E-state index contributed by atoms with van der Waals surface area (Å²) in [6.07, 6.45) is -6.07. The van der Waals surface area contributed by atoms with Crippen LogP contribution in [0, 0.1) is 0 Å². The summed E-state index contributed by atoms with van der Waals surface area (Å²) in [6.45, 7) is -0.803. The van der Waals surface area contributed by atoms with Gasteiger partial charge in [0.15, 0.2) is 6.10 Å². The van der Waals surface area contributed by atoms with Crippen molar-refractivity contribution in [2.45, 2.75) is 18.6 Å². The van der Waals surface area contributed by atoms with Crippen molar-refractivity contribution in [1.29, 1.82) is 0 Å². The van der Waals surface area contributed by atoms with Crippen LogP contribution in [-0.4, -0.2) is 52.1 Å². The minimum Gasteiger partial charge on any atom is -0.383 e. The van der Waals surface area contributed by atoms with Crippen LogP contribution in [-0.2, 0) is 4.79 Å². The molecule has 0 aliphatic carbocycles. The molecule has 5 nitrogen and oxygen atoms in total. The molecule has 1 amide bonds. The zero-order chi connectivity index (χ0) is 15.6. The molecule has 2 N–H and O–H groups in total. The number of benzene rings is 1. The van der Waals surface area contributed by atoms with Crippen LogP contribution in [0.3, 0.4) is 0 Å². The van der Waals surface area contributed by atoms with Crippen LogP contribution in [0.15, 0.2) is 24.3 Å². The van der Waals surface area contributed by atoms with Crippen molar-refractivity contribution >= 4 is 27.5 Å². The van der Waals surface area contributed by atoms with Crippen LogP contribution in [0.2, 0.25) is 0 Å². The van der Waals surface area contributed by atoms with Crippen LogP contribution < -0.4 is 0 Å². The first-order valence-corrected chi connectivity index (χ1v) is 6.96. The fourth-order valence-electron chi connectivity index (χ4n) is 1.81. The maximum absolute atomic E-state index is 12.2. The summed E-state index contributed by atoms with van der Waals surface area (Å²) in [5.74, 6) is -0.970. The van der Waals surface area contributed by atoms with Gasteiger partial charge in [0.1, 0.15) is 11.1 Å². The van der Waals surface area contributed by atoms with Crippen LogP contribution in [0.1, 0.15) is 11.1 Å². The molecule has 1 heterocycles. The number of nitrogens with zero attached hydrogens (tertiary/aromatic N) is 2. The van der Waals surface area contributed by atoms with Gasteiger partial charge in [0.05, 0.1) is 16.8 Å². The minimum absolute atomic E-state index is 0.169. The number of rotatable bonds is 5. The van der Waals surface area contributed by atoms with Crippen molar-refractivity contribution in [2.75, 3.05) is 13.6 Å². The number of amides is 1. The number of hydrogen-bond donors (Lipinski definition) is 2. The monoisotopic (exact) mass is 316 g/mol. The van der Waals surface area contributed by atoms with Gasteiger partial charge in [-0.2, -0.15) is 0 Å². The topological polar surface area (TPSA) is 73.7 Å². The normalized spacial score (nSPS) is 14.4. The van der Waals surface area contributed by atoms with Gasteiger partial charge in [-0.25, -0.2) is 13.8 Å². The number of para-hydroxylation sites is 1. The Kier molecular flexibility index (Phi) is 4.81. The molecule has 1 aromatic carbocycles. The summed E-state index contributed by atoms with van der Waals surface area (Å²) in [5.41, 5.74) is 0.636. The summed E-state index contributed by atoms with van der Waals surface area (Å²) in [5, 5.41) is 20.0. The highest BCUT2D eigenvalue weighted by molar-refractivity contribution is 7.18. The highest BCUT2D eigenvalue weighted by Gasteiger charge is 2.31. The largest absolute Gasteiger partial charge is 0.383 e. The van der Waals surface area contributed by atoms with Gasteiger partial charge in [-0.3, -0.25) is 4.79 Å². The van der Waals surface area contributed by atoms with Gasteiger partial charge >= 0.3 is 0 Å². The molecule has 2 rings (SSSR count). The van der Waals surface area contributed by atoms with E-state index in [1.165, 1.54) is 0 Å². The van der Waals surface area contributed by atoms with Gasteiger partial charge in [0.25, 0.3) is 12.3 Å². The van der Waals surface area contributed by atoms with Crippen molar-refractivity contribution in [3.63, 3.8) is 0 Å². The summed E-state index contributed by atoms with van der Waals surface area (Å²) >= 11 is 1.14. The lowest BCUT2D eigenvalue weighted by atomic mass is 10.2. The molecule has 0 fully saturated rings. The Morgan fingerprint density at radius 2 is 2.05 bits per heavy atom. The fraction of sp³-hybridized carbons (Fsp3) is 0.385. The van der Waals surface area contributed by atoms with Crippen molar-refractivity contribution < 1.29 is 23.8 Å². The second-order valence-electron chi connectivity index (χ2n) is 4.52. The molecule has 0 aliphatic rings. The maximum Gasteiger partial charge on any atom is 0.255 e. The lowest BCUT2D eigenvalue weighted by molar-refractivity contribution is -0.146. The number of alkyl halides is 2.